The highest BCUT2D eigenvalue weighted by Gasteiger charge is 2.12. The molecule has 0 atom stereocenters. The quantitative estimate of drug-likeness (QED) is 0.850. The van der Waals surface area contributed by atoms with E-state index in [-0.39, 0.29) is 11.1 Å². The van der Waals surface area contributed by atoms with Crippen LogP contribution in [-0.2, 0) is 6.42 Å². The standard InChI is InChI=1S/C11H10ClNO2/c1-2-9-10(13-11(12)15-9)7-4-3-5-8(14)6-7/h3-6,14H,2H2,1H3. The van der Waals surface area contributed by atoms with E-state index >= 15 is 0 Å². The molecule has 0 saturated carbocycles. The molecule has 0 bridgehead atoms. The number of hydrogen-bond acceptors (Lipinski definition) is 3. The second-order valence-corrected chi connectivity index (χ2v) is 3.47. The van der Waals surface area contributed by atoms with E-state index in [4.69, 9.17) is 16.0 Å². The van der Waals surface area contributed by atoms with Crippen LogP contribution in [0.2, 0.25) is 5.35 Å². The summed E-state index contributed by atoms with van der Waals surface area (Å²) in [5.74, 6) is 0.930. The first-order chi connectivity index (χ1) is 7.20. The Balaban J connectivity index is 2.53. The second kappa shape index (κ2) is 3.95. The monoisotopic (exact) mass is 223 g/mol. The fourth-order valence-corrected chi connectivity index (χ4v) is 1.62. The molecule has 4 heteroatoms. The first-order valence-corrected chi connectivity index (χ1v) is 5.03. The number of aromatic hydroxyl groups is 1. The van der Waals surface area contributed by atoms with Crippen molar-refractivity contribution in [2.24, 2.45) is 0 Å². The van der Waals surface area contributed by atoms with Crippen LogP contribution in [0.4, 0.5) is 0 Å². The van der Waals surface area contributed by atoms with Gasteiger partial charge in [-0.2, -0.15) is 4.98 Å². The summed E-state index contributed by atoms with van der Waals surface area (Å²) in [5, 5.41) is 9.48. The number of nitrogens with zero attached hydrogens (tertiary/aromatic N) is 1. The number of rotatable bonds is 2. The number of halogens is 1. The van der Waals surface area contributed by atoms with Crippen molar-refractivity contribution in [2.45, 2.75) is 13.3 Å². The maximum atomic E-state index is 9.35. The van der Waals surface area contributed by atoms with Gasteiger partial charge in [0.2, 0.25) is 0 Å². The van der Waals surface area contributed by atoms with Gasteiger partial charge in [-0.15, -0.1) is 0 Å². The highest BCUT2D eigenvalue weighted by Crippen LogP contribution is 2.28. The smallest absolute Gasteiger partial charge is 0.292 e. The molecule has 1 aromatic heterocycles. The van der Waals surface area contributed by atoms with Gasteiger partial charge in [-0.3, -0.25) is 0 Å². The van der Waals surface area contributed by atoms with E-state index in [2.05, 4.69) is 4.98 Å². The summed E-state index contributed by atoms with van der Waals surface area (Å²) < 4.78 is 5.23. The van der Waals surface area contributed by atoms with Gasteiger partial charge in [0.1, 0.15) is 17.2 Å². The highest BCUT2D eigenvalue weighted by molar-refractivity contribution is 6.27. The molecule has 0 aliphatic heterocycles. The van der Waals surface area contributed by atoms with Crippen LogP contribution in [-0.4, -0.2) is 10.1 Å². The zero-order valence-corrected chi connectivity index (χ0v) is 8.95. The molecule has 78 valence electrons. The third-order valence-corrected chi connectivity index (χ3v) is 2.27. The molecular formula is C11H10ClNO2. The molecule has 0 amide bonds. The maximum Gasteiger partial charge on any atom is 0.292 e. The number of phenolic OH excluding ortho intramolecular Hbond substituents is 1. The topological polar surface area (TPSA) is 46.3 Å². The van der Waals surface area contributed by atoms with E-state index in [1.54, 1.807) is 18.2 Å². The zero-order chi connectivity index (χ0) is 10.8. The summed E-state index contributed by atoms with van der Waals surface area (Å²) in [6, 6.07) is 6.85. The van der Waals surface area contributed by atoms with Crippen molar-refractivity contribution in [3.8, 4) is 17.0 Å². The number of aryl methyl sites for hydroxylation is 1. The van der Waals surface area contributed by atoms with Gasteiger partial charge in [-0.25, -0.2) is 0 Å². The molecule has 0 aliphatic rings. The minimum Gasteiger partial charge on any atom is -0.508 e. The predicted octanol–water partition coefficient (Wildman–Crippen LogP) is 3.26. The van der Waals surface area contributed by atoms with Crippen LogP contribution in [0.15, 0.2) is 28.7 Å². The molecule has 1 N–H and O–H groups in total. The molecule has 15 heavy (non-hydrogen) atoms. The number of hydrogen-bond donors (Lipinski definition) is 1. The predicted molar refractivity (Wildman–Crippen MR) is 58.0 cm³/mol. The molecule has 1 heterocycles. The van der Waals surface area contributed by atoms with Gasteiger partial charge in [-0.1, -0.05) is 19.1 Å². The van der Waals surface area contributed by atoms with Gasteiger partial charge in [0.15, 0.2) is 0 Å². The summed E-state index contributed by atoms with van der Waals surface area (Å²) in [4.78, 5) is 4.08. The average Bonchev–Trinajstić information content (AvgIpc) is 2.59. The fraction of sp³-hybridized carbons (Fsp3) is 0.182. The Kier molecular flexibility index (Phi) is 2.64. The molecular weight excluding hydrogens is 214 g/mol. The first kappa shape index (κ1) is 10.1. The molecule has 0 spiro atoms. The molecule has 3 nitrogen and oxygen atoms in total. The lowest BCUT2D eigenvalue weighted by molar-refractivity contribution is 0.475. The van der Waals surface area contributed by atoms with E-state index in [9.17, 15) is 5.11 Å². The Morgan fingerprint density at radius 3 is 2.93 bits per heavy atom. The number of aromatic nitrogens is 1. The Morgan fingerprint density at radius 2 is 2.27 bits per heavy atom. The van der Waals surface area contributed by atoms with Crippen molar-refractivity contribution in [1.29, 1.82) is 0 Å². The fourth-order valence-electron chi connectivity index (χ4n) is 1.44. The van der Waals surface area contributed by atoms with E-state index in [0.717, 1.165) is 11.3 Å². The lowest BCUT2D eigenvalue weighted by Crippen LogP contribution is -1.83. The zero-order valence-electron chi connectivity index (χ0n) is 8.20. The highest BCUT2D eigenvalue weighted by atomic mass is 35.5. The van der Waals surface area contributed by atoms with Crippen LogP contribution < -0.4 is 0 Å². The lowest BCUT2D eigenvalue weighted by atomic mass is 10.1. The van der Waals surface area contributed by atoms with Gasteiger partial charge in [0.25, 0.3) is 5.35 Å². The summed E-state index contributed by atoms with van der Waals surface area (Å²) in [7, 11) is 0. The van der Waals surface area contributed by atoms with Crippen molar-refractivity contribution >= 4 is 11.6 Å². The summed E-state index contributed by atoms with van der Waals surface area (Å²) in [6.45, 7) is 1.96. The van der Waals surface area contributed by atoms with Crippen molar-refractivity contribution < 1.29 is 9.52 Å². The van der Waals surface area contributed by atoms with Crippen molar-refractivity contribution in [3.63, 3.8) is 0 Å². The number of oxazole rings is 1. The van der Waals surface area contributed by atoms with E-state index < -0.39 is 0 Å². The molecule has 2 aromatic rings. The van der Waals surface area contributed by atoms with E-state index in [1.165, 1.54) is 0 Å². The van der Waals surface area contributed by atoms with Crippen LogP contribution in [0.25, 0.3) is 11.3 Å². The summed E-state index contributed by atoms with van der Waals surface area (Å²) in [6.07, 6.45) is 0.713. The number of phenols is 1. The molecule has 1 aromatic carbocycles. The number of benzene rings is 1. The van der Waals surface area contributed by atoms with Crippen LogP contribution in [0, 0.1) is 0 Å². The van der Waals surface area contributed by atoms with Crippen LogP contribution in [0.1, 0.15) is 12.7 Å². The minimum atomic E-state index is 0.130. The third kappa shape index (κ3) is 1.97. The van der Waals surface area contributed by atoms with Gasteiger partial charge >= 0.3 is 0 Å². The van der Waals surface area contributed by atoms with Crippen LogP contribution in [0.3, 0.4) is 0 Å². The maximum absolute atomic E-state index is 9.35. The van der Waals surface area contributed by atoms with E-state index in [1.807, 2.05) is 13.0 Å². The van der Waals surface area contributed by atoms with Crippen molar-refractivity contribution in [2.75, 3.05) is 0 Å². The molecule has 0 fully saturated rings. The molecule has 0 unspecified atom stereocenters. The van der Waals surface area contributed by atoms with Crippen molar-refractivity contribution in [1.82, 2.24) is 4.98 Å². The molecule has 0 saturated heterocycles. The second-order valence-electron chi connectivity index (χ2n) is 3.14. The summed E-state index contributed by atoms with van der Waals surface area (Å²) >= 11 is 5.69. The van der Waals surface area contributed by atoms with Crippen LogP contribution in [0.5, 0.6) is 5.75 Å². The van der Waals surface area contributed by atoms with E-state index in [0.29, 0.717) is 12.1 Å². The normalized spacial score (nSPS) is 10.5. The van der Waals surface area contributed by atoms with Gasteiger partial charge < -0.3 is 9.52 Å². The largest absolute Gasteiger partial charge is 0.508 e. The Labute approximate surface area is 92.3 Å². The molecule has 0 radical (unpaired) electrons. The Bertz CT molecular complexity index is 479. The van der Waals surface area contributed by atoms with Crippen LogP contribution >= 0.6 is 11.6 Å². The Morgan fingerprint density at radius 1 is 1.47 bits per heavy atom. The SMILES string of the molecule is CCc1oc(Cl)nc1-c1cccc(O)c1. The first-order valence-electron chi connectivity index (χ1n) is 4.65. The summed E-state index contributed by atoms with van der Waals surface area (Å²) in [5.41, 5.74) is 1.50. The van der Waals surface area contributed by atoms with Gasteiger partial charge in [0, 0.05) is 12.0 Å². The average molecular weight is 224 g/mol. The van der Waals surface area contributed by atoms with Gasteiger partial charge in [-0.05, 0) is 23.7 Å². The lowest BCUT2D eigenvalue weighted by Gasteiger charge is -1.99. The van der Waals surface area contributed by atoms with Gasteiger partial charge in [0.05, 0.1) is 0 Å². The Hall–Kier alpha value is -1.48. The van der Waals surface area contributed by atoms with Crippen molar-refractivity contribution in [3.05, 3.63) is 35.4 Å². The third-order valence-electron chi connectivity index (χ3n) is 2.11. The molecule has 0 aliphatic carbocycles. The molecule has 2 rings (SSSR count). The minimum absolute atomic E-state index is 0.130.